The van der Waals surface area contributed by atoms with Crippen molar-refractivity contribution < 1.29 is 14.3 Å². The monoisotopic (exact) mass is 422 g/mol. The molecule has 1 aliphatic rings. The summed E-state index contributed by atoms with van der Waals surface area (Å²) in [6.07, 6.45) is 1.82. The molecule has 2 heterocycles. The predicted octanol–water partition coefficient (Wildman–Crippen LogP) is 3.48. The molecule has 2 aromatic rings. The van der Waals surface area contributed by atoms with Crippen molar-refractivity contribution in [2.45, 2.75) is 31.1 Å². The molecule has 150 valence electrons. The number of morpholine rings is 1. The maximum absolute atomic E-state index is 12.3. The fraction of sp³-hybridized carbons (Fsp3) is 0.421. The number of nitrogens with one attached hydrogen (secondary N) is 1. The van der Waals surface area contributed by atoms with Crippen LogP contribution >= 0.6 is 23.4 Å². The SMILES string of the molecule is COc1ccc(Cl)cc1NC(=O)CSc1cc(N2CC(C)OC(C)C2)ncn1. The molecular weight excluding hydrogens is 400 g/mol. The molecule has 1 N–H and O–H groups in total. The quantitative estimate of drug-likeness (QED) is 0.564. The minimum Gasteiger partial charge on any atom is -0.495 e. The first-order valence-corrected chi connectivity index (χ1v) is 10.3. The van der Waals surface area contributed by atoms with E-state index in [2.05, 4.69) is 20.2 Å². The van der Waals surface area contributed by atoms with E-state index in [1.54, 1.807) is 25.3 Å². The summed E-state index contributed by atoms with van der Waals surface area (Å²) < 4.78 is 11.0. The average molecular weight is 423 g/mol. The van der Waals surface area contributed by atoms with Crippen LogP contribution in [0.25, 0.3) is 0 Å². The molecule has 7 nitrogen and oxygen atoms in total. The first-order chi connectivity index (χ1) is 13.4. The van der Waals surface area contributed by atoms with Crippen LogP contribution in [0, 0.1) is 0 Å². The molecule has 1 aliphatic heterocycles. The van der Waals surface area contributed by atoms with Gasteiger partial charge in [0.2, 0.25) is 5.91 Å². The average Bonchev–Trinajstić information content (AvgIpc) is 2.66. The van der Waals surface area contributed by atoms with Crippen LogP contribution in [-0.4, -0.2) is 54.0 Å². The summed E-state index contributed by atoms with van der Waals surface area (Å²) in [5.41, 5.74) is 0.542. The fourth-order valence-corrected chi connectivity index (χ4v) is 3.88. The van der Waals surface area contributed by atoms with Crippen LogP contribution in [0.15, 0.2) is 35.6 Å². The number of halogens is 1. The molecule has 9 heteroatoms. The Morgan fingerprint density at radius 2 is 2.07 bits per heavy atom. The van der Waals surface area contributed by atoms with Gasteiger partial charge in [0, 0.05) is 24.2 Å². The molecule has 0 saturated carbocycles. The van der Waals surface area contributed by atoms with Crippen LogP contribution in [0.1, 0.15) is 13.8 Å². The Morgan fingerprint density at radius 1 is 1.32 bits per heavy atom. The summed E-state index contributed by atoms with van der Waals surface area (Å²) in [6, 6.07) is 6.99. The number of benzene rings is 1. The highest BCUT2D eigenvalue weighted by molar-refractivity contribution is 7.99. The second kappa shape index (κ2) is 9.45. The van der Waals surface area contributed by atoms with E-state index < -0.39 is 0 Å². The molecule has 0 aliphatic carbocycles. The minimum absolute atomic E-state index is 0.147. The molecule has 1 aromatic heterocycles. The number of hydrogen-bond acceptors (Lipinski definition) is 7. The zero-order chi connectivity index (χ0) is 20.1. The summed E-state index contributed by atoms with van der Waals surface area (Å²) >= 11 is 7.35. The van der Waals surface area contributed by atoms with Crippen LogP contribution in [0.3, 0.4) is 0 Å². The maximum atomic E-state index is 12.3. The first kappa shape index (κ1) is 20.7. The first-order valence-electron chi connectivity index (χ1n) is 8.93. The summed E-state index contributed by atoms with van der Waals surface area (Å²) in [7, 11) is 1.55. The van der Waals surface area contributed by atoms with Crippen molar-refractivity contribution in [1.82, 2.24) is 9.97 Å². The summed E-state index contributed by atoms with van der Waals surface area (Å²) in [5.74, 6) is 1.44. The van der Waals surface area contributed by atoms with Gasteiger partial charge in [-0.25, -0.2) is 9.97 Å². The summed E-state index contributed by atoms with van der Waals surface area (Å²) in [4.78, 5) is 23.2. The lowest BCUT2D eigenvalue weighted by Gasteiger charge is -2.36. The summed E-state index contributed by atoms with van der Waals surface area (Å²) in [6.45, 7) is 5.66. The Hall–Kier alpha value is -2.03. The molecule has 0 spiro atoms. The van der Waals surface area contributed by atoms with Gasteiger partial charge >= 0.3 is 0 Å². The van der Waals surface area contributed by atoms with Crippen LogP contribution in [0.5, 0.6) is 5.75 Å². The summed E-state index contributed by atoms with van der Waals surface area (Å²) in [5, 5.41) is 4.09. The van der Waals surface area contributed by atoms with E-state index >= 15 is 0 Å². The van der Waals surface area contributed by atoms with Crippen molar-refractivity contribution in [3.05, 3.63) is 35.6 Å². The number of carbonyl (C=O) groups excluding carboxylic acids is 1. The number of methoxy groups -OCH3 is 1. The second-order valence-corrected chi connectivity index (χ2v) is 7.99. The van der Waals surface area contributed by atoms with Crippen molar-refractivity contribution in [2.75, 3.05) is 36.2 Å². The highest BCUT2D eigenvalue weighted by Gasteiger charge is 2.23. The van der Waals surface area contributed by atoms with Gasteiger partial charge in [0.25, 0.3) is 0 Å². The molecule has 3 rings (SSSR count). The van der Waals surface area contributed by atoms with Crippen LogP contribution in [0.2, 0.25) is 5.02 Å². The number of anilines is 2. The number of thioether (sulfide) groups is 1. The number of nitrogens with zero attached hydrogens (tertiary/aromatic N) is 3. The number of aromatic nitrogens is 2. The Balaban J connectivity index is 1.60. The maximum Gasteiger partial charge on any atom is 0.234 e. The molecule has 1 aromatic carbocycles. The van der Waals surface area contributed by atoms with E-state index in [9.17, 15) is 4.79 Å². The largest absolute Gasteiger partial charge is 0.495 e. The Morgan fingerprint density at radius 3 is 2.79 bits per heavy atom. The number of ether oxygens (including phenoxy) is 2. The Bertz CT molecular complexity index is 829. The number of hydrogen-bond donors (Lipinski definition) is 1. The fourth-order valence-electron chi connectivity index (χ4n) is 3.05. The number of rotatable bonds is 6. The molecule has 0 bridgehead atoms. The van der Waals surface area contributed by atoms with E-state index in [-0.39, 0.29) is 23.9 Å². The molecule has 1 amide bonds. The van der Waals surface area contributed by atoms with Crippen LogP contribution < -0.4 is 15.0 Å². The molecule has 28 heavy (non-hydrogen) atoms. The second-order valence-electron chi connectivity index (χ2n) is 6.56. The van der Waals surface area contributed by atoms with E-state index in [1.165, 1.54) is 18.1 Å². The van der Waals surface area contributed by atoms with Gasteiger partial charge in [-0.1, -0.05) is 23.4 Å². The topological polar surface area (TPSA) is 76.6 Å². The zero-order valence-electron chi connectivity index (χ0n) is 16.0. The lowest BCUT2D eigenvalue weighted by atomic mass is 10.2. The standard InChI is InChI=1S/C19H23ClN4O3S/c1-12-8-24(9-13(2)27-12)17-7-19(22-11-21-17)28-10-18(25)23-15-6-14(20)4-5-16(15)26-3/h4-7,11-13H,8-10H2,1-3H3,(H,23,25). The molecule has 2 atom stereocenters. The highest BCUT2D eigenvalue weighted by Crippen LogP contribution is 2.28. The van der Waals surface area contributed by atoms with Gasteiger partial charge in [-0.2, -0.15) is 0 Å². The lowest BCUT2D eigenvalue weighted by Crippen LogP contribution is -2.45. The Labute approximate surface area is 173 Å². The zero-order valence-corrected chi connectivity index (χ0v) is 17.6. The van der Waals surface area contributed by atoms with Crippen molar-refractivity contribution in [2.24, 2.45) is 0 Å². The van der Waals surface area contributed by atoms with Gasteiger partial charge in [0.1, 0.15) is 22.9 Å². The Kier molecular flexibility index (Phi) is 6.98. The molecular formula is C19H23ClN4O3S. The van der Waals surface area contributed by atoms with Crippen LogP contribution in [-0.2, 0) is 9.53 Å². The molecule has 0 radical (unpaired) electrons. The van der Waals surface area contributed by atoms with Crippen molar-refractivity contribution in [3.8, 4) is 5.75 Å². The molecule has 1 saturated heterocycles. The van der Waals surface area contributed by atoms with Gasteiger partial charge in [0.15, 0.2) is 0 Å². The van der Waals surface area contributed by atoms with Crippen molar-refractivity contribution >= 4 is 40.8 Å². The predicted molar refractivity (Wildman–Crippen MR) is 112 cm³/mol. The van der Waals surface area contributed by atoms with Gasteiger partial charge in [0.05, 0.1) is 30.8 Å². The van der Waals surface area contributed by atoms with Gasteiger partial charge in [-0.3, -0.25) is 4.79 Å². The minimum atomic E-state index is -0.167. The third-order valence-corrected chi connectivity index (χ3v) is 5.32. The van der Waals surface area contributed by atoms with E-state index in [1.807, 2.05) is 19.9 Å². The molecule has 1 fully saturated rings. The van der Waals surface area contributed by atoms with Crippen molar-refractivity contribution in [1.29, 1.82) is 0 Å². The normalized spacial score (nSPS) is 19.4. The van der Waals surface area contributed by atoms with Gasteiger partial charge in [-0.05, 0) is 32.0 Å². The number of amides is 1. The van der Waals surface area contributed by atoms with E-state index in [0.29, 0.717) is 16.5 Å². The van der Waals surface area contributed by atoms with Crippen LogP contribution in [0.4, 0.5) is 11.5 Å². The lowest BCUT2D eigenvalue weighted by molar-refractivity contribution is -0.113. The third kappa shape index (κ3) is 5.50. The van der Waals surface area contributed by atoms with Crippen molar-refractivity contribution in [3.63, 3.8) is 0 Å². The smallest absolute Gasteiger partial charge is 0.234 e. The van der Waals surface area contributed by atoms with E-state index in [4.69, 9.17) is 21.1 Å². The number of carbonyl (C=O) groups is 1. The highest BCUT2D eigenvalue weighted by atomic mass is 35.5. The van der Waals surface area contributed by atoms with E-state index in [0.717, 1.165) is 23.9 Å². The molecule has 2 unspecified atom stereocenters. The van der Waals surface area contributed by atoms with Gasteiger partial charge in [-0.15, -0.1) is 0 Å². The third-order valence-electron chi connectivity index (χ3n) is 4.16. The van der Waals surface area contributed by atoms with Gasteiger partial charge < -0.3 is 19.7 Å².